The van der Waals surface area contributed by atoms with Gasteiger partial charge in [0.05, 0.1) is 11.3 Å². The summed E-state index contributed by atoms with van der Waals surface area (Å²) in [6.45, 7) is 1.84. The monoisotopic (exact) mass is 338 g/mol. The lowest BCUT2D eigenvalue weighted by Gasteiger charge is -2.10. The average molecular weight is 339 g/mol. The first-order chi connectivity index (χ1) is 9.38. The number of nitrogen functional groups attached to an aromatic ring is 1. The van der Waals surface area contributed by atoms with Crippen LogP contribution in [-0.2, 0) is 0 Å². The Morgan fingerprint density at radius 1 is 1.35 bits per heavy atom. The van der Waals surface area contributed by atoms with Gasteiger partial charge in [0.25, 0.3) is 5.91 Å². The van der Waals surface area contributed by atoms with Crippen LogP contribution in [0.5, 0.6) is 5.75 Å². The van der Waals surface area contributed by atoms with Gasteiger partial charge in [0.2, 0.25) is 0 Å². The molecule has 2 aromatic rings. The predicted molar refractivity (Wildman–Crippen MR) is 79.3 cm³/mol. The molecule has 0 atom stereocenters. The van der Waals surface area contributed by atoms with Crippen LogP contribution in [0, 0.1) is 12.7 Å². The number of carbonyl (C=O) groups excluding carboxylic acids is 1. The highest BCUT2D eigenvalue weighted by atomic mass is 79.9. The fourth-order valence-electron chi connectivity index (χ4n) is 1.66. The predicted octanol–water partition coefficient (Wildman–Crippen LogP) is 3.44. The molecular weight excluding hydrogens is 327 g/mol. The number of aromatic hydroxyl groups is 1. The molecule has 0 aromatic heterocycles. The fourth-order valence-corrected chi connectivity index (χ4v) is 2.22. The molecule has 6 heteroatoms. The van der Waals surface area contributed by atoms with Gasteiger partial charge in [0.1, 0.15) is 11.6 Å². The van der Waals surface area contributed by atoms with E-state index in [4.69, 9.17) is 10.8 Å². The Labute approximate surface area is 123 Å². The third kappa shape index (κ3) is 2.91. The summed E-state index contributed by atoms with van der Waals surface area (Å²) in [5.41, 5.74) is 7.45. The van der Waals surface area contributed by atoms with E-state index in [0.29, 0.717) is 15.8 Å². The first kappa shape index (κ1) is 14.3. The van der Waals surface area contributed by atoms with Gasteiger partial charge in [-0.25, -0.2) is 4.39 Å². The van der Waals surface area contributed by atoms with Crippen LogP contribution < -0.4 is 11.1 Å². The minimum Gasteiger partial charge on any atom is -0.508 e. The first-order valence-electron chi connectivity index (χ1n) is 5.74. The molecule has 0 radical (unpaired) electrons. The van der Waals surface area contributed by atoms with Crippen LogP contribution in [0.3, 0.4) is 0 Å². The van der Waals surface area contributed by atoms with Gasteiger partial charge in [0, 0.05) is 16.2 Å². The molecule has 0 unspecified atom stereocenters. The van der Waals surface area contributed by atoms with E-state index < -0.39 is 11.7 Å². The molecule has 0 bridgehead atoms. The zero-order chi connectivity index (χ0) is 14.9. The van der Waals surface area contributed by atoms with Crippen molar-refractivity contribution in [2.75, 3.05) is 11.1 Å². The van der Waals surface area contributed by atoms with Gasteiger partial charge in [-0.2, -0.15) is 0 Å². The maximum Gasteiger partial charge on any atom is 0.258 e. The lowest BCUT2D eigenvalue weighted by molar-refractivity contribution is 0.102. The molecule has 0 fully saturated rings. The van der Waals surface area contributed by atoms with Crippen molar-refractivity contribution in [3.05, 3.63) is 51.7 Å². The highest BCUT2D eigenvalue weighted by Crippen LogP contribution is 2.28. The molecule has 2 aromatic carbocycles. The van der Waals surface area contributed by atoms with Crippen molar-refractivity contribution >= 4 is 33.2 Å². The van der Waals surface area contributed by atoms with E-state index in [9.17, 15) is 9.18 Å². The number of rotatable bonds is 2. The molecule has 0 aliphatic heterocycles. The normalized spacial score (nSPS) is 10.3. The van der Waals surface area contributed by atoms with Gasteiger partial charge in [0.15, 0.2) is 0 Å². The molecule has 0 heterocycles. The number of phenols is 1. The van der Waals surface area contributed by atoms with E-state index in [1.165, 1.54) is 12.1 Å². The summed E-state index contributed by atoms with van der Waals surface area (Å²) in [6, 6.07) is 6.70. The van der Waals surface area contributed by atoms with Crippen molar-refractivity contribution in [3.63, 3.8) is 0 Å². The van der Waals surface area contributed by atoms with Crippen molar-refractivity contribution in [1.29, 1.82) is 0 Å². The number of carbonyl (C=O) groups is 1. The van der Waals surface area contributed by atoms with Crippen molar-refractivity contribution in [2.45, 2.75) is 6.92 Å². The molecule has 104 valence electrons. The molecule has 2 rings (SSSR count). The summed E-state index contributed by atoms with van der Waals surface area (Å²) in [5, 5.41) is 11.7. The summed E-state index contributed by atoms with van der Waals surface area (Å²) in [4.78, 5) is 12.0. The number of halogens is 2. The summed E-state index contributed by atoms with van der Waals surface area (Å²) in [5.74, 6) is -1.65. The smallest absolute Gasteiger partial charge is 0.258 e. The van der Waals surface area contributed by atoms with Gasteiger partial charge < -0.3 is 16.2 Å². The summed E-state index contributed by atoms with van der Waals surface area (Å²) >= 11 is 3.31. The van der Waals surface area contributed by atoms with Gasteiger partial charge >= 0.3 is 0 Å². The lowest BCUT2D eigenvalue weighted by atomic mass is 10.1. The maximum atomic E-state index is 13.6. The molecular formula is C14H12BrFN2O2. The zero-order valence-electron chi connectivity index (χ0n) is 10.6. The zero-order valence-corrected chi connectivity index (χ0v) is 12.2. The number of benzene rings is 2. The second kappa shape index (κ2) is 5.50. The molecule has 4 nitrogen and oxygen atoms in total. The van der Waals surface area contributed by atoms with Crippen molar-refractivity contribution in [3.8, 4) is 5.75 Å². The third-order valence-electron chi connectivity index (χ3n) is 2.80. The standard InChI is InChI=1S/C14H12BrFN2O2/c1-7-4-10(15)13(6-12(7)17)18-14(20)9-3-2-8(19)5-11(9)16/h2-6,19H,17H2,1H3,(H,18,20). The second-order valence-corrected chi connectivity index (χ2v) is 5.16. The Bertz CT molecular complexity index is 689. The van der Waals surface area contributed by atoms with Crippen LogP contribution in [0.4, 0.5) is 15.8 Å². The van der Waals surface area contributed by atoms with Gasteiger partial charge in [-0.15, -0.1) is 0 Å². The number of amides is 1. The highest BCUT2D eigenvalue weighted by molar-refractivity contribution is 9.10. The van der Waals surface area contributed by atoms with Gasteiger partial charge in [-0.05, 0) is 52.7 Å². The Hall–Kier alpha value is -2.08. The molecule has 1 amide bonds. The highest BCUT2D eigenvalue weighted by Gasteiger charge is 2.14. The molecule has 4 N–H and O–H groups in total. The maximum absolute atomic E-state index is 13.6. The van der Waals surface area contributed by atoms with E-state index in [2.05, 4.69) is 21.2 Å². The number of anilines is 2. The van der Waals surface area contributed by atoms with Crippen LogP contribution in [-0.4, -0.2) is 11.0 Å². The Morgan fingerprint density at radius 2 is 2.05 bits per heavy atom. The van der Waals surface area contributed by atoms with Crippen LogP contribution >= 0.6 is 15.9 Å². The van der Waals surface area contributed by atoms with Gasteiger partial charge in [-0.3, -0.25) is 4.79 Å². The minimum atomic E-state index is -0.793. The lowest BCUT2D eigenvalue weighted by Crippen LogP contribution is -2.14. The molecule has 0 saturated heterocycles. The van der Waals surface area contributed by atoms with E-state index in [0.717, 1.165) is 11.6 Å². The number of phenolic OH excluding ortho intramolecular Hbond substituents is 1. The second-order valence-electron chi connectivity index (χ2n) is 4.31. The van der Waals surface area contributed by atoms with Crippen LogP contribution in [0.15, 0.2) is 34.8 Å². The van der Waals surface area contributed by atoms with Crippen LogP contribution in [0.25, 0.3) is 0 Å². The topological polar surface area (TPSA) is 75.3 Å². The van der Waals surface area contributed by atoms with E-state index in [-0.39, 0.29) is 11.3 Å². The first-order valence-corrected chi connectivity index (χ1v) is 6.53. The fraction of sp³-hybridized carbons (Fsp3) is 0.0714. The Balaban J connectivity index is 2.30. The van der Waals surface area contributed by atoms with E-state index in [1.807, 2.05) is 6.92 Å². The largest absolute Gasteiger partial charge is 0.508 e. The third-order valence-corrected chi connectivity index (χ3v) is 3.46. The van der Waals surface area contributed by atoms with E-state index >= 15 is 0 Å². The van der Waals surface area contributed by atoms with Crippen molar-refractivity contribution in [1.82, 2.24) is 0 Å². The number of hydrogen-bond donors (Lipinski definition) is 3. The van der Waals surface area contributed by atoms with Crippen LogP contribution in [0.2, 0.25) is 0 Å². The average Bonchev–Trinajstić information content (AvgIpc) is 2.35. The molecule has 20 heavy (non-hydrogen) atoms. The quantitative estimate of drug-likeness (QED) is 0.734. The van der Waals surface area contributed by atoms with E-state index in [1.54, 1.807) is 12.1 Å². The number of nitrogens with two attached hydrogens (primary N) is 1. The van der Waals surface area contributed by atoms with Gasteiger partial charge in [-0.1, -0.05) is 0 Å². The Kier molecular flexibility index (Phi) is 3.94. The summed E-state index contributed by atoms with van der Waals surface area (Å²) < 4.78 is 14.2. The molecule has 0 aliphatic carbocycles. The number of nitrogens with one attached hydrogen (secondary N) is 1. The number of hydrogen-bond acceptors (Lipinski definition) is 3. The SMILES string of the molecule is Cc1cc(Br)c(NC(=O)c2ccc(O)cc2F)cc1N. The minimum absolute atomic E-state index is 0.158. The van der Waals surface area contributed by atoms with Crippen molar-refractivity contribution in [2.24, 2.45) is 0 Å². The summed E-state index contributed by atoms with van der Waals surface area (Å²) in [6.07, 6.45) is 0. The Morgan fingerprint density at radius 3 is 2.70 bits per heavy atom. The number of aryl methyl sites for hydroxylation is 1. The molecule has 0 aliphatic rings. The molecule has 0 saturated carbocycles. The molecule has 0 spiro atoms. The van der Waals surface area contributed by atoms with Crippen molar-refractivity contribution < 1.29 is 14.3 Å². The summed E-state index contributed by atoms with van der Waals surface area (Å²) in [7, 11) is 0. The van der Waals surface area contributed by atoms with Crippen LogP contribution in [0.1, 0.15) is 15.9 Å².